The first-order valence-electron chi connectivity index (χ1n) is 5.81. The number of halogens is 1. The van der Waals surface area contributed by atoms with Gasteiger partial charge in [0.15, 0.2) is 5.82 Å². The van der Waals surface area contributed by atoms with Crippen molar-refractivity contribution in [3.8, 4) is 11.4 Å². The van der Waals surface area contributed by atoms with E-state index in [1.807, 2.05) is 22.8 Å². The van der Waals surface area contributed by atoms with Crippen LogP contribution in [0.1, 0.15) is 11.4 Å². The highest BCUT2D eigenvalue weighted by atomic mass is 35.5. The molecule has 0 bridgehead atoms. The predicted octanol–water partition coefficient (Wildman–Crippen LogP) is 2.64. The molecule has 5 heteroatoms. The molecule has 0 amide bonds. The molecule has 4 nitrogen and oxygen atoms in total. The first-order valence-corrected chi connectivity index (χ1v) is 6.34. The van der Waals surface area contributed by atoms with Crippen molar-refractivity contribution in [2.45, 2.75) is 19.3 Å². The second-order valence-electron chi connectivity index (χ2n) is 4.03. The normalized spacial score (nSPS) is 10.8. The second kappa shape index (κ2) is 5.98. The Labute approximate surface area is 112 Å². The summed E-state index contributed by atoms with van der Waals surface area (Å²) in [4.78, 5) is 0. The summed E-state index contributed by atoms with van der Waals surface area (Å²) in [5, 5.41) is 8.37. The van der Waals surface area contributed by atoms with E-state index in [0.29, 0.717) is 19.0 Å². The monoisotopic (exact) mass is 265 g/mol. The van der Waals surface area contributed by atoms with Crippen LogP contribution in [0.5, 0.6) is 0 Å². The fourth-order valence-corrected chi connectivity index (χ4v) is 2.07. The van der Waals surface area contributed by atoms with Crippen LogP contribution < -0.4 is 0 Å². The lowest BCUT2D eigenvalue weighted by Crippen LogP contribution is -2.09. The summed E-state index contributed by atoms with van der Waals surface area (Å²) < 4.78 is 7.13. The smallest absolute Gasteiger partial charge is 0.164 e. The van der Waals surface area contributed by atoms with E-state index in [2.05, 4.69) is 23.2 Å². The van der Waals surface area contributed by atoms with Crippen molar-refractivity contribution < 1.29 is 4.74 Å². The molecule has 96 valence electrons. The van der Waals surface area contributed by atoms with Gasteiger partial charge in [-0.2, -0.15) is 0 Å². The summed E-state index contributed by atoms with van der Waals surface area (Å²) in [6.07, 6.45) is 0. The highest BCUT2D eigenvalue weighted by Gasteiger charge is 2.14. The number of aryl methyl sites for hydroxylation is 1. The van der Waals surface area contributed by atoms with Crippen LogP contribution in [0.2, 0.25) is 0 Å². The van der Waals surface area contributed by atoms with Gasteiger partial charge in [-0.25, -0.2) is 0 Å². The van der Waals surface area contributed by atoms with Crippen molar-refractivity contribution in [3.05, 3.63) is 35.7 Å². The zero-order chi connectivity index (χ0) is 13.0. The second-order valence-corrected chi connectivity index (χ2v) is 4.30. The number of hydrogen-bond acceptors (Lipinski definition) is 3. The van der Waals surface area contributed by atoms with Crippen LogP contribution in [0.3, 0.4) is 0 Å². The molecule has 0 saturated heterocycles. The SMILES string of the molecule is COCCn1c(CCl)nnc1-c1ccccc1C. The van der Waals surface area contributed by atoms with Crippen LogP contribution in [0.15, 0.2) is 24.3 Å². The lowest BCUT2D eigenvalue weighted by molar-refractivity contribution is 0.187. The summed E-state index contributed by atoms with van der Waals surface area (Å²) in [6.45, 7) is 3.38. The topological polar surface area (TPSA) is 39.9 Å². The van der Waals surface area contributed by atoms with Crippen LogP contribution in [-0.4, -0.2) is 28.5 Å². The van der Waals surface area contributed by atoms with Gasteiger partial charge in [-0.1, -0.05) is 24.3 Å². The van der Waals surface area contributed by atoms with Crippen LogP contribution in [0, 0.1) is 6.92 Å². The third kappa shape index (κ3) is 2.54. The van der Waals surface area contributed by atoms with E-state index in [1.54, 1.807) is 7.11 Å². The molecule has 1 aromatic heterocycles. The minimum Gasteiger partial charge on any atom is -0.383 e. The fraction of sp³-hybridized carbons (Fsp3) is 0.385. The molecule has 0 unspecified atom stereocenters. The van der Waals surface area contributed by atoms with Gasteiger partial charge in [0.1, 0.15) is 5.82 Å². The number of methoxy groups -OCH3 is 1. The Hall–Kier alpha value is -1.39. The Balaban J connectivity index is 2.44. The van der Waals surface area contributed by atoms with Gasteiger partial charge in [0, 0.05) is 19.2 Å². The van der Waals surface area contributed by atoms with E-state index in [9.17, 15) is 0 Å². The maximum atomic E-state index is 5.89. The minimum atomic E-state index is 0.350. The van der Waals surface area contributed by atoms with Gasteiger partial charge >= 0.3 is 0 Å². The van der Waals surface area contributed by atoms with E-state index in [1.165, 1.54) is 5.56 Å². The number of ether oxygens (including phenoxy) is 1. The first kappa shape index (κ1) is 13.1. The van der Waals surface area contributed by atoms with Crippen molar-refractivity contribution >= 4 is 11.6 Å². The quantitative estimate of drug-likeness (QED) is 0.781. The van der Waals surface area contributed by atoms with Gasteiger partial charge in [0.25, 0.3) is 0 Å². The van der Waals surface area contributed by atoms with Crippen molar-refractivity contribution in [3.63, 3.8) is 0 Å². The maximum absolute atomic E-state index is 5.89. The van der Waals surface area contributed by atoms with Crippen molar-refractivity contribution in [2.75, 3.05) is 13.7 Å². The number of aromatic nitrogens is 3. The largest absolute Gasteiger partial charge is 0.383 e. The van der Waals surface area contributed by atoms with Gasteiger partial charge in [0.2, 0.25) is 0 Å². The van der Waals surface area contributed by atoms with Crippen molar-refractivity contribution in [2.24, 2.45) is 0 Å². The Morgan fingerprint density at radius 2 is 2.06 bits per heavy atom. The average molecular weight is 266 g/mol. The molecule has 1 heterocycles. The van der Waals surface area contributed by atoms with Crippen LogP contribution in [-0.2, 0) is 17.2 Å². The summed E-state index contributed by atoms with van der Waals surface area (Å²) in [6, 6.07) is 8.11. The Morgan fingerprint density at radius 1 is 1.28 bits per heavy atom. The van der Waals surface area contributed by atoms with Gasteiger partial charge in [-0.05, 0) is 12.5 Å². The van der Waals surface area contributed by atoms with Crippen LogP contribution in [0.4, 0.5) is 0 Å². The summed E-state index contributed by atoms with van der Waals surface area (Å²) in [5.41, 5.74) is 2.25. The molecule has 0 N–H and O–H groups in total. The van der Waals surface area contributed by atoms with E-state index in [4.69, 9.17) is 16.3 Å². The first-order chi connectivity index (χ1) is 8.77. The molecular weight excluding hydrogens is 250 g/mol. The van der Waals surface area contributed by atoms with Crippen LogP contribution >= 0.6 is 11.6 Å². The molecule has 0 aliphatic carbocycles. The van der Waals surface area contributed by atoms with Crippen molar-refractivity contribution in [1.82, 2.24) is 14.8 Å². The highest BCUT2D eigenvalue weighted by Crippen LogP contribution is 2.22. The Kier molecular flexibility index (Phi) is 4.33. The van der Waals surface area contributed by atoms with E-state index >= 15 is 0 Å². The predicted molar refractivity (Wildman–Crippen MR) is 71.6 cm³/mol. The van der Waals surface area contributed by atoms with Gasteiger partial charge < -0.3 is 9.30 Å². The molecule has 18 heavy (non-hydrogen) atoms. The number of rotatable bonds is 5. The lowest BCUT2D eigenvalue weighted by atomic mass is 10.1. The van der Waals surface area contributed by atoms with Crippen LogP contribution in [0.25, 0.3) is 11.4 Å². The van der Waals surface area contributed by atoms with E-state index < -0.39 is 0 Å². The van der Waals surface area contributed by atoms with Gasteiger partial charge in [0.05, 0.1) is 12.5 Å². The summed E-state index contributed by atoms with van der Waals surface area (Å²) in [5.74, 6) is 1.97. The average Bonchev–Trinajstić information content (AvgIpc) is 2.79. The lowest BCUT2D eigenvalue weighted by Gasteiger charge is -2.10. The molecule has 1 aromatic carbocycles. The minimum absolute atomic E-state index is 0.350. The van der Waals surface area contributed by atoms with E-state index in [-0.39, 0.29) is 0 Å². The molecule has 2 rings (SSSR count). The molecule has 0 radical (unpaired) electrons. The number of nitrogens with zero attached hydrogens (tertiary/aromatic N) is 3. The highest BCUT2D eigenvalue weighted by molar-refractivity contribution is 6.16. The number of benzene rings is 1. The zero-order valence-electron chi connectivity index (χ0n) is 10.6. The van der Waals surface area contributed by atoms with E-state index in [0.717, 1.165) is 17.2 Å². The standard InChI is InChI=1S/C13H16ClN3O/c1-10-5-3-4-6-11(10)13-16-15-12(9-14)17(13)7-8-18-2/h3-6H,7-9H2,1-2H3. The zero-order valence-corrected chi connectivity index (χ0v) is 11.3. The van der Waals surface area contributed by atoms with Gasteiger partial charge in [-0.15, -0.1) is 21.8 Å². The molecule has 0 spiro atoms. The number of alkyl halides is 1. The molecule has 0 saturated carbocycles. The summed E-state index contributed by atoms with van der Waals surface area (Å²) >= 11 is 5.89. The van der Waals surface area contributed by atoms with Crippen molar-refractivity contribution in [1.29, 1.82) is 0 Å². The maximum Gasteiger partial charge on any atom is 0.164 e. The third-order valence-corrected chi connectivity index (χ3v) is 3.09. The molecule has 2 aromatic rings. The molecule has 0 atom stereocenters. The molecule has 0 fully saturated rings. The van der Waals surface area contributed by atoms with Gasteiger partial charge in [-0.3, -0.25) is 0 Å². The molecule has 0 aliphatic heterocycles. The third-order valence-electron chi connectivity index (χ3n) is 2.85. The Morgan fingerprint density at radius 3 is 2.72 bits per heavy atom. The molecular formula is C13H16ClN3O. The Bertz CT molecular complexity index is 525. The number of hydrogen-bond donors (Lipinski definition) is 0. The molecule has 0 aliphatic rings. The summed E-state index contributed by atoms with van der Waals surface area (Å²) in [7, 11) is 1.68. The fourth-order valence-electron chi connectivity index (χ4n) is 1.87.